The van der Waals surface area contributed by atoms with Gasteiger partial charge in [-0.15, -0.1) is 0 Å². The fraction of sp³-hybridized carbons (Fsp3) is 0.360. The molecule has 34 heavy (non-hydrogen) atoms. The first-order valence-corrected chi connectivity index (χ1v) is 11.7. The molecule has 0 atom stereocenters. The van der Waals surface area contributed by atoms with Crippen LogP contribution >= 0.6 is 0 Å². The van der Waals surface area contributed by atoms with Crippen molar-refractivity contribution in [3.05, 3.63) is 54.3 Å². The summed E-state index contributed by atoms with van der Waals surface area (Å²) in [5, 5.41) is 9.33. The van der Waals surface area contributed by atoms with Gasteiger partial charge in [-0.3, -0.25) is 14.5 Å². The molecule has 5 heterocycles. The molecule has 2 aliphatic rings. The Labute approximate surface area is 197 Å². The van der Waals surface area contributed by atoms with Crippen LogP contribution in [0.5, 0.6) is 0 Å². The van der Waals surface area contributed by atoms with Crippen LogP contribution in [-0.4, -0.2) is 58.9 Å². The fourth-order valence-electron chi connectivity index (χ4n) is 4.87. The molecular weight excluding hydrogens is 430 g/mol. The molecular formula is C25H27N7O2. The average molecular weight is 458 g/mol. The molecule has 4 aromatic rings. The Kier molecular flexibility index (Phi) is 5.06. The first-order valence-electron chi connectivity index (χ1n) is 11.7. The number of nitrogens with one attached hydrogen (secondary N) is 1. The zero-order chi connectivity index (χ0) is 23.2. The van der Waals surface area contributed by atoms with Gasteiger partial charge in [0.15, 0.2) is 5.69 Å². The van der Waals surface area contributed by atoms with Gasteiger partial charge in [0.25, 0.3) is 5.91 Å². The number of pyridine rings is 1. The predicted molar refractivity (Wildman–Crippen MR) is 130 cm³/mol. The molecule has 2 aliphatic heterocycles. The van der Waals surface area contributed by atoms with Crippen molar-refractivity contribution in [2.45, 2.75) is 25.8 Å². The number of anilines is 2. The maximum Gasteiger partial charge on any atom is 0.280 e. The number of likely N-dealkylation sites (N-methyl/N-ethyl adjacent to an activating group) is 1. The van der Waals surface area contributed by atoms with Crippen molar-refractivity contribution in [1.82, 2.24) is 25.1 Å². The maximum absolute atomic E-state index is 13.5. The van der Waals surface area contributed by atoms with Crippen LogP contribution in [0.25, 0.3) is 22.4 Å². The Bertz CT molecular complexity index is 1370. The van der Waals surface area contributed by atoms with E-state index in [-0.39, 0.29) is 5.91 Å². The summed E-state index contributed by atoms with van der Waals surface area (Å²) in [5.41, 5.74) is 4.79. The number of carbonyl (C=O) groups is 1. The number of rotatable bonds is 3. The monoisotopic (exact) mass is 457 g/mol. The van der Waals surface area contributed by atoms with Crippen LogP contribution in [0.2, 0.25) is 0 Å². The van der Waals surface area contributed by atoms with Gasteiger partial charge >= 0.3 is 0 Å². The van der Waals surface area contributed by atoms with Crippen LogP contribution in [0.15, 0.2) is 47.3 Å². The Morgan fingerprint density at radius 2 is 2.00 bits per heavy atom. The number of carbonyl (C=O) groups excluding carboxylic acids is 1. The van der Waals surface area contributed by atoms with Gasteiger partial charge in [0, 0.05) is 49.2 Å². The minimum Gasteiger partial charge on any atom is -0.444 e. The summed E-state index contributed by atoms with van der Waals surface area (Å²) in [6, 6.07) is 8.30. The molecule has 0 saturated carbocycles. The Balaban J connectivity index is 1.34. The van der Waals surface area contributed by atoms with E-state index in [9.17, 15) is 4.79 Å². The van der Waals surface area contributed by atoms with Crippen LogP contribution in [0.1, 0.15) is 35.1 Å². The molecule has 0 bridgehead atoms. The molecule has 0 aliphatic carbocycles. The SMILES string of the molecule is Cc1cc(-c2nc(C(=O)N3CCN(C)c4cc5nn(C6CCNCC6)cc5cc43)co2)ccn1. The van der Waals surface area contributed by atoms with Gasteiger partial charge in [-0.2, -0.15) is 5.10 Å². The summed E-state index contributed by atoms with van der Waals surface area (Å²) < 4.78 is 7.75. The summed E-state index contributed by atoms with van der Waals surface area (Å²) in [7, 11) is 2.05. The molecule has 1 amide bonds. The first-order chi connectivity index (χ1) is 16.6. The number of hydrogen-bond donors (Lipinski definition) is 1. The molecule has 1 saturated heterocycles. The lowest BCUT2D eigenvalue weighted by Gasteiger charge is -2.35. The van der Waals surface area contributed by atoms with Gasteiger partial charge in [-0.05, 0) is 57.1 Å². The van der Waals surface area contributed by atoms with Gasteiger partial charge in [0.05, 0.1) is 22.9 Å². The summed E-state index contributed by atoms with van der Waals surface area (Å²) in [4.78, 5) is 26.2. The van der Waals surface area contributed by atoms with Crippen molar-refractivity contribution in [3.63, 3.8) is 0 Å². The number of benzene rings is 1. The van der Waals surface area contributed by atoms with Gasteiger partial charge in [0.2, 0.25) is 5.89 Å². The number of piperidine rings is 1. The normalized spacial score (nSPS) is 16.8. The van der Waals surface area contributed by atoms with Crippen LogP contribution in [-0.2, 0) is 0 Å². The zero-order valence-corrected chi connectivity index (χ0v) is 19.4. The highest BCUT2D eigenvalue weighted by Crippen LogP contribution is 2.37. The van der Waals surface area contributed by atoms with Crippen molar-refractivity contribution >= 4 is 28.2 Å². The first kappa shape index (κ1) is 20.9. The molecule has 9 heteroatoms. The predicted octanol–water partition coefficient (Wildman–Crippen LogP) is 3.42. The van der Waals surface area contributed by atoms with Crippen molar-refractivity contribution < 1.29 is 9.21 Å². The van der Waals surface area contributed by atoms with E-state index in [1.165, 1.54) is 6.26 Å². The van der Waals surface area contributed by atoms with E-state index in [0.29, 0.717) is 24.2 Å². The lowest BCUT2D eigenvalue weighted by molar-refractivity contribution is 0.0982. The molecule has 9 nitrogen and oxygen atoms in total. The molecule has 1 aromatic carbocycles. The Morgan fingerprint density at radius 3 is 2.82 bits per heavy atom. The topological polar surface area (TPSA) is 92.3 Å². The summed E-state index contributed by atoms with van der Waals surface area (Å²) in [6.07, 6.45) is 7.41. The van der Waals surface area contributed by atoms with E-state index in [1.807, 2.05) is 19.1 Å². The standard InChI is InChI=1S/C25H27N7O2/c1-16-11-17(3-8-27-16)24-28-21(15-34-24)25(33)31-10-9-30(2)22-13-20-18(12-23(22)31)14-32(29-20)19-4-6-26-7-5-19/h3,8,11-15,19,26H,4-7,9-10H2,1-2H3. The lowest BCUT2D eigenvalue weighted by Crippen LogP contribution is -2.42. The van der Waals surface area contributed by atoms with E-state index in [1.54, 1.807) is 11.1 Å². The summed E-state index contributed by atoms with van der Waals surface area (Å²) in [6.45, 7) is 5.25. The molecule has 0 unspecified atom stereocenters. The number of nitrogens with zero attached hydrogens (tertiary/aromatic N) is 6. The third-order valence-electron chi connectivity index (χ3n) is 6.77. The molecule has 174 valence electrons. The Morgan fingerprint density at radius 1 is 1.15 bits per heavy atom. The van der Waals surface area contributed by atoms with Crippen LogP contribution < -0.4 is 15.1 Å². The third kappa shape index (κ3) is 3.62. The number of hydrogen-bond acceptors (Lipinski definition) is 7. The molecule has 1 fully saturated rings. The van der Waals surface area contributed by atoms with E-state index in [2.05, 4.69) is 50.2 Å². The van der Waals surface area contributed by atoms with E-state index >= 15 is 0 Å². The van der Waals surface area contributed by atoms with E-state index < -0.39 is 0 Å². The highest BCUT2D eigenvalue weighted by molar-refractivity contribution is 6.09. The molecule has 0 spiro atoms. The summed E-state index contributed by atoms with van der Waals surface area (Å²) in [5.74, 6) is 0.252. The molecule has 3 aromatic heterocycles. The molecule has 0 radical (unpaired) electrons. The highest BCUT2D eigenvalue weighted by Gasteiger charge is 2.29. The zero-order valence-electron chi connectivity index (χ0n) is 19.4. The Hall–Kier alpha value is -3.72. The average Bonchev–Trinajstić information content (AvgIpc) is 3.51. The largest absolute Gasteiger partial charge is 0.444 e. The fourth-order valence-corrected chi connectivity index (χ4v) is 4.87. The van der Waals surface area contributed by atoms with Crippen LogP contribution in [0.4, 0.5) is 11.4 Å². The van der Waals surface area contributed by atoms with Gasteiger partial charge in [-0.1, -0.05) is 0 Å². The molecule has 6 rings (SSSR count). The summed E-state index contributed by atoms with van der Waals surface area (Å²) >= 11 is 0. The number of aryl methyl sites for hydroxylation is 1. The van der Waals surface area contributed by atoms with E-state index in [0.717, 1.165) is 66.0 Å². The smallest absolute Gasteiger partial charge is 0.280 e. The number of aromatic nitrogens is 4. The maximum atomic E-state index is 13.5. The number of amides is 1. The van der Waals surface area contributed by atoms with Crippen molar-refractivity contribution in [3.8, 4) is 11.5 Å². The second-order valence-electron chi connectivity index (χ2n) is 9.09. The quantitative estimate of drug-likeness (QED) is 0.504. The van der Waals surface area contributed by atoms with Crippen molar-refractivity contribution in [2.75, 3.05) is 43.0 Å². The van der Waals surface area contributed by atoms with Crippen molar-refractivity contribution in [2.24, 2.45) is 0 Å². The van der Waals surface area contributed by atoms with Gasteiger partial charge < -0.3 is 19.5 Å². The van der Waals surface area contributed by atoms with Gasteiger partial charge in [0.1, 0.15) is 6.26 Å². The number of oxazole rings is 1. The van der Waals surface area contributed by atoms with Crippen LogP contribution in [0, 0.1) is 6.92 Å². The molecule has 1 N–H and O–H groups in total. The number of fused-ring (bicyclic) bond motifs is 2. The second-order valence-corrected chi connectivity index (χ2v) is 9.09. The minimum atomic E-state index is -0.166. The second kappa shape index (κ2) is 8.25. The highest BCUT2D eigenvalue weighted by atomic mass is 16.3. The third-order valence-corrected chi connectivity index (χ3v) is 6.77. The van der Waals surface area contributed by atoms with Gasteiger partial charge in [-0.25, -0.2) is 4.98 Å². The van der Waals surface area contributed by atoms with Crippen LogP contribution in [0.3, 0.4) is 0 Å². The lowest BCUT2D eigenvalue weighted by atomic mass is 10.1. The minimum absolute atomic E-state index is 0.166. The van der Waals surface area contributed by atoms with Crippen molar-refractivity contribution in [1.29, 1.82) is 0 Å². The van der Waals surface area contributed by atoms with E-state index in [4.69, 9.17) is 9.52 Å².